The van der Waals surface area contributed by atoms with Crippen LogP contribution in [0.2, 0.25) is 0 Å². The summed E-state index contributed by atoms with van der Waals surface area (Å²) < 4.78 is 41.9. The minimum atomic E-state index is -4.60. The molecule has 33 heavy (non-hydrogen) atoms. The summed E-state index contributed by atoms with van der Waals surface area (Å²) in [6.45, 7) is 0. The van der Waals surface area contributed by atoms with E-state index in [0.29, 0.717) is 23.2 Å². The van der Waals surface area contributed by atoms with Crippen molar-refractivity contribution in [1.29, 1.82) is 0 Å². The van der Waals surface area contributed by atoms with E-state index in [2.05, 4.69) is 33.0 Å². The van der Waals surface area contributed by atoms with Crippen LogP contribution in [-0.2, 0) is 19.6 Å². The lowest BCUT2D eigenvalue weighted by molar-refractivity contribution is -0.144. The summed E-state index contributed by atoms with van der Waals surface area (Å²) in [4.78, 5) is 19.6. The van der Waals surface area contributed by atoms with Crippen molar-refractivity contribution in [2.75, 3.05) is 0 Å². The molecule has 4 aromatic rings. The summed E-state index contributed by atoms with van der Waals surface area (Å²) in [5, 5.41) is 4.91. The Morgan fingerprint density at radius 3 is 2.58 bits per heavy atom. The van der Waals surface area contributed by atoms with E-state index in [1.165, 1.54) is 33.7 Å². The monoisotopic (exact) mass is 451 g/mol. The molecule has 0 aliphatic carbocycles. The number of hydrogen-bond acceptors (Lipinski definition) is 4. The molecule has 2 unspecified atom stereocenters. The lowest BCUT2D eigenvalue weighted by atomic mass is 9.99. The number of fused-ring (bicyclic) bond motifs is 6. The Balaban J connectivity index is 1.38. The third kappa shape index (κ3) is 3.18. The Hall–Kier alpha value is -3.46. The number of aryl methyl sites for hydroxylation is 1. The highest BCUT2D eigenvalue weighted by molar-refractivity contribution is 5.88. The lowest BCUT2D eigenvalue weighted by Gasteiger charge is -2.23. The van der Waals surface area contributed by atoms with Gasteiger partial charge >= 0.3 is 6.18 Å². The van der Waals surface area contributed by atoms with Crippen LogP contribution in [0.25, 0.3) is 27.7 Å². The SMILES string of the molecule is Cn1c2c(c3ccc(-n4ccc(-c5cnc(C(F)(F)F)nc5)cc4=O)cc31)C1CCC(C2)N1. The standard InChI is InChI=1S/C24H20F3N5O/c1-31-19-10-16(3-4-17(19)22-18-5-2-15(30-18)9-20(22)31)32-7-6-13(8-21(32)33)14-11-28-23(29-12-14)24(25,26)27/h3-4,6-8,10-12,15,18,30H,2,5,9H2,1H3. The first kappa shape index (κ1) is 20.2. The van der Waals surface area contributed by atoms with Gasteiger partial charge in [0.25, 0.3) is 5.56 Å². The molecule has 0 radical (unpaired) electrons. The number of rotatable bonds is 2. The number of benzene rings is 1. The lowest BCUT2D eigenvalue weighted by Crippen LogP contribution is -2.32. The van der Waals surface area contributed by atoms with Gasteiger partial charge in [0.15, 0.2) is 0 Å². The highest BCUT2D eigenvalue weighted by Gasteiger charge is 2.36. The molecule has 0 saturated carbocycles. The first-order valence-electron chi connectivity index (χ1n) is 10.8. The van der Waals surface area contributed by atoms with E-state index in [4.69, 9.17) is 0 Å². The molecule has 1 saturated heterocycles. The van der Waals surface area contributed by atoms with Gasteiger partial charge in [-0.25, -0.2) is 9.97 Å². The molecule has 5 heterocycles. The second-order valence-corrected chi connectivity index (χ2v) is 8.74. The predicted molar refractivity (Wildman–Crippen MR) is 117 cm³/mol. The number of alkyl halides is 3. The molecular weight excluding hydrogens is 431 g/mol. The summed E-state index contributed by atoms with van der Waals surface area (Å²) in [6, 6.07) is 10.0. The molecule has 168 valence electrons. The Morgan fingerprint density at radius 2 is 1.85 bits per heavy atom. The molecule has 1 N–H and O–H groups in total. The molecular formula is C24H20F3N5O. The summed E-state index contributed by atoms with van der Waals surface area (Å²) in [6.07, 6.45) is 2.54. The molecule has 0 amide bonds. The maximum atomic E-state index is 12.9. The molecule has 2 atom stereocenters. The molecule has 1 fully saturated rings. The molecule has 6 nitrogen and oxygen atoms in total. The zero-order valence-electron chi connectivity index (χ0n) is 17.7. The maximum absolute atomic E-state index is 12.9. The second kappa shape index (κ2) is 7.02. The molecule has 0 spiro atoms. The number of halogens is 3. The smallest absolute Gasteiger partial charge is 0.347 e. The van der Waals surface area contributed by atoms with Gasteiger partial charge in [-0.2, -0.15) is 13.2 Å². The van der Waals surface area contributed by atoms with Gasteiger partial charge in [-0.15, -0.1) is 0 Å². The van der Waals surface area contributed by atoms with Gasteiger partial charge in [0.2, 0.25) is 5.82 Å². The van der Waals surface area contributed by atoms with Gasteiger partial charge in [-0.1, -0.05) is 6.07 Å². The molecule has 1 aromatic carbocycles. The van der Waals surface area contributed by atoms with E-state index < -0.39 is 12.0 Å². The van der Waals surface area contributed by atoms with Crippen molar-refractivity contribution in [3.63, 3.8) is 0 Å². The number of nitrogens with zero attached hydrogens (tertiary/aromatic N) is 4. The number of nitrogens with one attached hydrogen (secondary N) is 1. The van der Waals surface area contributed by atoms with Crippen molar-refractivity contribution in [3.8, 4) is 16.8 Å². The van der Waals surface area contributed by atoms with Crippen molar-refractivity contribution in [3.05, 3.63) is 76.4 Å². The molecule has 6 rings (SSSR count). The van der Waals surface area contributed by atoms with Gasteiger partial charge in [-0.3, -0.25) is 9.36 Å². The Bertz CT molecular complexity index is 1450. The number of hydrogen-bond donors (Lipinski definition) is 1. The molecule has 2 aliphatic heterocycles. The Morgan fingerprint density at radius 1 is 1.06 bits per heavy atom. The average molecular weight is 451 g/mol. The van der Waals surface area contributed by atoms with E-state index in [9.17, 15) is 18.0 Å². The average Bonchev–Trinajstić information content (AvgIpc) is 3.31. The van der Waals surface area contributed by atoms with E-state index in [0.717, 1.165) is 36.4 Å². The van der Waals surface area contributed by atoms with Crippen LogP contribution in [0.1, 0.15) is 36.0 Å². The quantitative estimate of drug-likeness (QED) is 0.497. The van der Waals surface area contributed by atoms with Crippen LogP contribution in [0.15, 0.2) is 53.7 Å². The van der Waals surface area contributed by atoms with Crippen molar-refractivity contribution >= 4 is 10.9 Å². The first-order chi connectivity index (χ1) is 15.8. The topological polar surface area (TPSA) is 64.7 Å². The molecule has 9 heteroatoms. The van der Waals surface area contributed by atoms with Crippen LogP contribution >= 0.6 is 0 Å². The van der Waals surface area contributed by atoms with Crippen LogP contribution in [-0.4, -0.2) is 25.1 Å². The summed E-state index contributed by atoms with van der Waals surface area (Å²) >= 11 is 0. The number of aromatic nitrogens is 4. The minimum absolute atomic E-state index is 0.286. The highest BCUT2D eigenvalue weighted by Crippen LogP contribution is 2.41. The van der Waals surface area contributed by atoms with Gasteiger partial charge < -0.3 is 9.88 Å². The van der Waals surface area contributed by atoms with Crippen molar-refractivity contribution in [2.45, 2.75) is 37.5 Å². The fourth-order valence-electron chi connectivity index (χ4n) is 5.23. The Labute approximate surface area is 186 Å². The zero-order chi connectivity index (χ0) is 22.9. The van der Waals surface area contributed by atoms with Gasteiger partial charge in [0, 0.05) is 66.9 Å². The molecule has 3 aromatic heterocycles. The molecule has 2 aliphatic rings. The van der Waals surface area contributed by atoms with Crippen LogP contribution in [0.4, 0.5) is 13.2 Å². The van der Waals surface area contributed by atoms with Crippen molar-refractivity contribution < 1.29 is 13.2 Å². The third-order valence-corrected chi connectivity index (χ3v) is 6.81. The van der Waals surface area contributed by atoms with Crippen molar-refractivity contribution in [2.24, 2.45) is 7.05 Å². The van der Waals surface area contributed by atoms with E-state index in [-0.39, 0.29) is 5.56 Å². The third-order valence-electron chi connectivity index (χ3n) is 6.81. The first-order valence-corrected chi connectivity index (χ1v) is 10.8. The summed E-state index contributed by atoms with van der Waals surface area (Å²) in [5.41, 5.74) is 5.07. The maximum Gasteiger partial charge on any atom is 0.451 e. The largest absolute Gasteiger partial charge is 0.451 e. The predicted octanol–water partition coefficient (Wildman–Crippen LogP) is 4.15. The minimum Gasteiger partial charge on any atom is -0.347 e. The van der Waals surface area contributed by atoms with Gasteiger partial charge in [0.05, 0.1) is 11.2 Å². The van der Waals surface area contributed by atoms with Crippen LogP contribution in [0.3, 0.4) is 0 Å². The van der Waals surface area contributed by atoms with E-state index in [1.807, 2.05) is 12.1 Å². The van der Waals surface area contributed by atoms with E-state index >= 15 is 0 Å². The van der Waals surface area contributed by atoms with E-state index in [1.54, 1.807) is 12.3 Å². The summed E-state index contributed by atoms with van der Waals surface area (Å²) in [5.74, 6) is -1.21. The normalized spacial score (nSPS) is 19.8. The van der Waals surface area contributed by atoms with Gasteiger partial charge in [0.1, 0.15) is 0 Å². The molecule has 2 bridgehead atoms. The zero-order valence-corrected chi connectivity index (χ0v) is 17.7. The fraction of sp³-hybridized carbons (Fsp3) is 0.292. The highest BCUT2D eigenvalue weighted by atomic mass is 19.4. The van der Waals surface area contributed by atoms with Crippen LogP contribution in [0, 0.1) is 0 Å². The van der Waals surface area contributed by atoms with Crippen LogP contribution < -0.4 is 10.9 Å². The number of pyridine rings is 1. The van der Waals surface area contributed by atoms with Crippen molar-refractivity contribution in [1.82, 2.24) is 24.4 Å². The summed E-state index contributed by atoms with van der Waals surface area (Å²) in [7, 11) is 2.08. The van der Waals surface area contributed by atoms with Crippen LogP contribution in [0.5, 0.6) is 0 Å². The second-order valence-electron chi connectivity index (χ2n) is 8.74. The van der Waals surface area contributed by atoms with Gasteiger partial charge in [-0.05, 0) is 42.2 Å². The fourth-order valence-corrected chi connectivity index (χ4v) is 5.23. The Kier molecular flexibility index (Phi) is 4.29.